The van der Waals surface area contributed by atoms with Crippen molar-refractivity contribution in [3.8, 4) is 0 Å². The zero-order valence-corrected chi connectivity index (χ0v) is 18.8. The van der Waals surface area contributed by atoms with Gasteiger partial charge in [0.15, 0.2) is 6.20 Å². The summed E-state index contributed by atoms with van der Waals surface area (Å²) < 4.78 is 4.81. The highest BCUT2D eigenvalue weighted by Crippen LogP contribution is 2.42. The van der Waals surface area contributed by atoms with Crippen LogP contribution in [0.3, 0.4) is 0 Å². The topological polar surface area (TPSA) is 11.5 Å². The number of anilines is 1. The molecule has 0 saturated heterocycles. The van der Waals surface area contributed by atoms with Crippen LogP contribution in [-0.4, -0.2) is 18.5 Å². The smallest absolute Gasteiger partial charge is 0.224 e. The Kier molecular flexibility index (Phi) is 3.27. The summed E-state index contributed by atoms with van der Waals surface area (Å²) in [6.45, 7) is 2.28. The van der Waals surface area contributed by atoms with Gasteiger partial charge in [-0.25, -0.2) is 4.57 Å². The summed E-state index contributed by atoms with van der Waals surface area (Å²) in [6.07, 6.45) is 2.20. The standard InChI is InChI=1S/C29H24N3/c1-17-21-8-6-5-7-19(21)15-25-26(17)29-27-18(13-14-31(29)4)9-11-22-23-16-20(30(2)3)10-12-24(23)32(25)28(22)27/h5-16H,1-4H3/q+1. The molecule has 0 N–H and O–H groups in total. The van der Waals surface area contributed by atoms with Crippen LogP contribution in [0.5, 0.6) is 0 Å². The maximum Gasteiger partial charge on any atom is 0.224 e. The Labute approximate surface area is 186 Å². The summed E-state index contributed by atoms with van der Waals surface area (Å²) in [7, 11) is 6.39. The highest BCUT2D eigenvalue weighted by atomic mass is 15.1. The minimum atomic E-state index is 1.23. The van der Waals surface area contributed by atoms with Gasteiger partial charge in [0.05, 0.1) is 27.3 Å². The van der Waals surface area contributed by atoms with Gasteiger partial charge < -0.3 is 9.30 Å². The molecule has 154 valence electrons. The van der Waals surface area contributed by atoms with Gasteiger partial charge in [0.2, 0.25) is 5.52 Å². The molecule has 4 aromatic carbocycles. The van der Waals surface area contributed by atoms with Crippen molar-refractivity contribution in [1.82, 2.24) is 4.40 Å². The number of hydrogen-bond acceptors (Lipinski definition) is 1. The number of benzene rings is 4. The van der Waals surface area contributed by atoms with Crippen LogP contribution in [0.25, 0.3) is 59.8 Å². The highest BCUT2D eigenvalue weighted by molar-refractivity contribution is 6.28. The average molecular weight is 415 g/mol. The van der Waals surface area contributed by atoms with E-state index in [1.165, 1.54) is 71.0 Å². The first-order valence-electron chi connectivity index (χ1n) is 11.1. The molecular weight excluding hydrogens is 390 g/mol. The fourth-order valence-corrected chi connectivity index (χ4v) is 5.76. The molecule has 0 bridgehead atoms. The Morgan fingerprint density at radius 2 is 1.59 bits per heavy atom. The molecule has 0 radical (unpaired) electrons. The van der Waals surface area contributed by atoms with E-state index in [1.54, 1.807) is 0 Å². The second-order valence-electron chi connectivity index (χ2n) is 9.25. The normalized spacial score (nSPS) is 12.4. The lowest BCUT2D eigenvalue weighted by Gasteiger charge is -2.15. The van der Waals surface area contributed by atoms with Crippen LogP contribution < -0.4 is 9.47 Å². The summed E-state index contributed by atoms with van der Waals surface area (Å²) in [6, 6.07) is 24.8. The first-order valence-corrected chi connectivity index (χ1v) is 11.1. The first-order chi connectivity index (χ1) is 15.5. The molecule has 3 aromatic heterocycles. The molecule has 32 heavy (non-hydrogen) atoms. The van der Waals surface area contributed by atoms with E-state index in [9.17, 15) is 0 Å². The van der Waals surface area contributed by atoms with E-state index in [4.69, 9.17) is 0 Å². The molecule has 0 unspecified atom stereocenters. The molecule has 3 heteroatoms. The number of pyridine rings is 2. The lowest BCUT2D eigenvalue weighted by Crippen LogP contribution is -2.28. The Hall–Kier alpha value is -3.85. The maximum absolute atomic E-state index is 2.51. The molecule has 0 atom stereocenters. The van der Waals surface area contributed by atoms with Gasteiger partial charge in [0, 0.05) is 36.6 Å². The third-order valence-electron chi connectivity index (χ3n) is 7.29. The van der Waals surface area contributed by atoms with Crippen LogP contribution in [0.15, 0.2) is 72.9 Å². The van der Waals surface area contributed by atoms with Gasteiger partial charge in [0.25, 0.3) is 0 Å². The summed E-state index contributed by atoms with van der Waals surface area (Å²) in [5, 5.41) is 9.22. The molecular formula is C29H24N3+. The van der Waals surface area contributed by atoms with Crippen molar-refractivity contribution >= 4 is 65.5 Å². The SMILES string of the molecule is Cc1c2ccccc2cc2c1c1c3c(ccc4c5cc(N(C)C)ccc5n2c43)cc[n+]1C. The first kappa shape index (κ1) is 17.8. The zero-order chi connectivity index (χ0) is 21.7. The predicted octanol–water partition coefficient (Wildman–Crippen LogP) is 6.34. The lowest BCUT2D eigenvalue weighted by molar-refractivity contribution is -0.643. The van der Waals surface area contributed by atoms with E-state index in [0.29, 0.717) is 0 Å². The third-order valence-corrected chi connectivity index (χ3v) is 7.29. The number of aromatic nitrogens is 2. The van der Waals surface area contributed by atoms with Gasteiger partial charge in [-0.1, -0.05) is 36.4 Å². The molecule has 7 aromatic rings. The van der Waals surface area contributed by atoms with Crippen molar-refractivity contribution in [2.45, 2.75) is 6.92 Å². The summed E-state index contributed by atoms with van der Waals surface area (Å²) in [5.41, 5.74) is 7.75. The largest absolute Gasteiger partial charge is 0.378 e. The lowest BCUT2D eigenvalue weighted by atomic mass is 9.96. The van der Waals surface area contributed by atoms with E-state index in [-0.39, 0.29) is 0 Å². The van der Waals surface area contributed by atoms with Gasteiger partial charge in [-0.05, 0) is 52.9 Å². The number of hydrogen-bond donors (Lipinski definition) is 0. The summed E-state index contributed by atoms with van der Waals surface area (Å²) in [4.78, 5) is 2.18. The van der Waals surface area contributed by atoms with Crippen LogP contribution in [0, 0.1) is 6.92 Å². The fourth-order valence-electron chi connectivity index (χ4n) is 5.76. The van der Waals surface area contributed by atoms with E-state index in [0.717, 1.165) is 0 Å². The molecule has 0 aliphatic carbocycles. The fraction of sp³-hybridized carbons (Fsp3) is 0.138. The van der Waals surface area contributed by atoms with Gasteiger partial charge >= 0.3 is 0 Å². The molecule has 0 fully saturated rings. The Bertz CT molecular complexity index is 1870. The van der Waals surface area contributed by atoms with Crippen molar-refractivity contribution in [2.75, 3.05) is 19.0 Å². The second kappa shape index (κ2) is 5.89. The predicted molar refractivity (Wildman–Crippen MR) is 136 cm³/mol. The molecule has 0 amide bonds. The minimum Gasteiger partial charge on any atom is -0.378 e. The van der Waals surface area contributed by atoms with Gasteiger partial charge in [-0.15, -0.1) is 0 Å². The number of rotatable bonds is 1. The number of aryl methyl sites for hydroxylation is 2. The van der Waals surface area contributed by atoms with Crippen LogP contribution in [0.2, 0.25) is 0 Å². The number of nitrogens with zero attached hydrogens (tertiary/aromatic N) is 3. The molecule has 0 spiro atoms. The molecule has 0 saturated carbocycles. The molecule has 0 aliphatic heterocycles. The van der Waals surface area contributed by atoms with Crippen LogP contribution in [0.1, 0.15) is 5.56 Å². The van der Waals surface area contributed by atoms with Gasteiger partial charge in [-0.2, -0.15) is 0 Å². The van der Waals surface area contributed by atoms with Crippen molar-refractivity contribution < 1.29 is 4.57 Å². The Morgan fingerprint density at radius 3 is 2.44 bits per heavy atom. The summed E-state index contributed by atoms with van der Waals surface area (Å²) >= 11 is 0. The number of fused-ring (bicyclic) bond motifs is 7. The summed E-state index contributed by atoms with van der Waals surface area (Å²) in [5.74, 6) is 0. The quantitative estimate of drug-likeness (QED) is 0.173. The Balaban J connectivity index is 1.90. The van der Waals surface area contributed by atoms with Crippen LogP contribution in [0.4, 0.5) is 5.69 Å². The second-order valence-corrected chi connectivity index (χ2v) is 9.25. The minimum absolute atomic E-state index is 1.23. The van der Waals surface area contributed by atoms with E-state index < -0.39 is 0 Å². The van der Waals surface area contributed by atoms with Crippen molar-refractivity contribution in [3.05, 3.63) is 78.5 Å². The maximum atomic E-state index is 2.51. The van der Waals surface area contributed by atoms with Gasteiger partial charge in [0.1, 0.15) is 7.05 Å². The molecule has 0 aliphatic rings. The van der Waals surface area contributed by atoms with Crippen LogP contribution in [-0.2, 0) is 7.05 Å². The van der Waals surface area contributed by atoms with Crippen LogP contribution >= 0.6 is 0 Å². The van der Waals surface area contributed by atoms with Crippen molar-refractivity contribution in [3.63, 3.8) is 0 Å². The van der Waals surface area contributed by atoms with Crippen molar-refractivity contribution in [1.29, 1.82) is 0 Å². The molecule has 3 nitrogen and oxygen atoms in total. The Morgan fingerprint density at radius 1 is 0.750 bits per heavy atom. The van der Waals surface area contributed by atoms with E-state index in [2.05, 4.69) is 115 Å². The van der Waals surface area contributed by atoms with Crippen molar-refractivity contribution in [2.24, 2.45) is 7.05 Å². The molecule has 3 heterocycles. The highest BCUT2D eigenvalue weighted by Gasteiger charge is 2.24. The molecule has 7 rings (SSSR count). The third kappa shape index (κ3) is 2.04. The van der Waals surface area contributed by atoms with E-state index in [1.807, 2.05) is 0 Å². The average Bonchev–Trinajstić information content (AvgIpc) is 3.14. The monoisotopic (exact) mass is 414 g/mol. The van der Waals surface area contributed by atoms with E-state index >= 15 is 0 Å². The zero-order valence-electron chi connectivity index (χ0n) is 18.8. The van der Waals surface area contributed by atoms with Gasteiger partial charge in [-0.3, -0.25) is 0 Å².